The molecule has 126 valence electrons. The first kappa shape index (κ1) is 15.5. The molecule has 1 aliphatic rings. The summed E-state index contributed by atoms with van der Waals surface area (Å²) in [6.07, 6.45) is 2.55. The second kappa shape index (κ2) is 6.49. The molecule has 0 radical (unpaired) electrons. The molecule has 0 saturated carbocycles. The number of nitrogens with two attached hydrogens (primary N) is 1. The normalized spacial score (nSPS) is 14.2. The lowest BCUT2D eigenvalue weighted by Gasteiger charge is -2.27. The summed E-state index contributed by atoms with van der Waals surface area (Å²) in [5.41, 5.74) is 9.85. The van der Waals surface area contributed by atoms with Crippen LogP contribution in [0.3, 0.4) is 0 Å². The van der Waals surface area contributed by atoms with Crippen molar-refractivity contribution < 1.29 is 0 Å². The molecular formula is C19H19N5O. The van der Waals surface area contributed by atoms with Crippen LogP contribution in [-0.4, -0.2) is 26.4 Å². The van der Waals surface area contributed by atoms with Gasteiger partial charge in [0.15, 0.2) is 0 Å². The van der Waals surface area contributed by atoms with Gasteiger partial charge in [-0.2, -0.15) is 0 Å². The lowest BCUT2D eigenvalue weighted by atomic mass is 10.1. The average molecular weight is 333 g/mol. The Kier molecular flexibility index (Phi) is 4.03. The number of aromatic amines is 1. The molecule has 1 aromatic carbocycles. The number of aromatic nitrogens is 3. The highest BCUT2D eigenvalue weighted by Crippen LogP contribution is 2.20. The SMILES string of the molecule is Nc1ccc(-c2nc3c(c(=O)[nH]2)CN(Cc2ccccn2)CC3)cc1. The summed E-state index contributed by atoms with van der Waals surface area (Å²) in [5, 5.41) is 0. The molecule has 3 heterocycles. The van der Waals surface area contributed by atoms with Gasteiger partial charge in [0.25, 0.3) is 5.56 Å². The van der Waals surface area contributed by atoms with E-state index >= 15 is 0 Å². The number of benzene rings is 1. The third-order valence-electron chi connectivity index (χ3n) is 4.44. The largest absolute Gasteiger partial charge is 0.399 e. The van der Waals surface area contributed by atoms with Gasteiger partial charge < -0.3 is 10.7 Å². The monoisotopic (exact) mass is 333 g/mol. The van der Waals surface area contributed by atoms with Crippen molar-refractivity contribution in [1.82, 2.24) is 19.9 Å². The number of fused-ring (bicyclic) bond motifs is 1. The fourth-order valence-corrected chi connectivity index (χ4v) is 3.11. The van der Waals surface area contributed by atoms with E-state index in [4.69, 9.17) is 5.73 Å². The Morgan fingerprint density at radius 1 is 1.16 bits per heavy atom. The molecule has 3 N–H and O–H groups in total. The Labute approximate surface area is 145 Å². The maximum atomic E-state index is 12.6. The lowest BCUT2D eigenvalue weighted by molar-refractivity contribution is 0.239. The fraction of sp³-hybridized carbons (Fsp3) is 0.211. The number of hydrogen-bond acceptors (Lipinski definition) is 5. The Morgan fingerprint density at radius 3 is 2.76 bits per heavy atom. The van der Waals surface area contributed by atoms with Crippen molar-refractivity contribution in [2.75, 3.05) is 12.3 Å². The van der Waals surface area contributed by atoms with Crippen LogP contribution < -0.4 is 11.3 Å². The van der Waals surface area contributed by atoms with Gasteiger partial charge in [0.1, 0.15) is 5.82 Å². The molecule has 0 saturated heterocycles. The highest BCUT2D eigenvalue weighted by atomic mass is 16.1. The van der Waals surface area contributed by atoms with Crippen molar-refractivity contribution >= 4 is 5.69 Å². The lowest BCUT2D eigenvalue weighted by Crippen LogP contribution is -2.35. The molecule has 4 rings (SSSR count). The zero-order valence-electron chi connectivity index (χ0n) is 13.8. The third-order valence-corrected chi connectivity index (χ3v) is 4.44. The fourth-order valence-electron chi connectivity index (χ4n) is 3.11. The molecule has 6 heteroatoms. The van der Waals surface area contributed by atoms with Gasteiger partial charge in [-0.25, -0.2) is 4.98 Å². The molecule has 0 bridgehead atoms. The second-order valence-corrected chi connectivity index (χ2v) is 6.24. The molecule has 6 nitrogen and oxygen atoms in total. The van der Waals surface area contributed by atoms with E-state index in [9.17, 15) is 4.79 Å². The summed E-state index contributed by atoms with van der Waals surface area (Å²) in [6.45, 7) is 2.19. The number of rotatable bonds is 3. The Hall–Kier alpha value is -2.99. The van der Waals surface area contributed by atoms with Crippen LogP contribution >= 0.6 is 0 Å². The highest BCUT2D eigenvalue weighted by Gasteiger charge is 2.21. The third kappa shape index (κ3) is 3.29. The van der Waals surface area contributed by atoms with E-state index in [1.165, 1.54) is 0 Å². The van der Waals surface area contributed by atoms with Crippen LogP contribution in [0.1, 0.15) is 17.0 Å². The summed E-state index contributed by atoms with van der Waals surface area (Å²) >= 11 is 0. The van der Waals surface area contributed by atoms with Crippen LogP contribution in [0.4, 0.5) is 5.69 Å². The van der Waals surface area contributed by atoms with Gasteiger partial charge in [-0.1, -0.05) is 6.07 Å². The van der Waals surface area contributed by atoms with Gasteiger partial charge in [0.2, 0.25) is 0 Å². The number of H-pyrrole nitrogens is 1. The highest BCUT2D eigenvalue weighted by molar-refractivity contribution is 5.58. The molecule has 3 aromatic rings. The van der Waals surface area contributed by atoms with Crippen molar-refractivity contribution in [3.05, 3.63) is 76.0 Å². The van der Waals surface area contributed by atoms with Gasteiger partial charge in [-0.05, 0) is 36.4 Å². The predicted molar refractivity (Wildman–Crippen MR) is 96.8 cm³/mol. The molecule has 0 unspecified atom stereocenters. The van der Waals surface area contributed by atoms with Crippen LogP contribution in [0.2, 0.25) is 0 Å². The summed E-state index contributed by atoms with van der Waals surface area (Å²) in [6, 6.07) is 13.2. The van der Waals surface area contributed by atoms with Crippen molar-refractivity contribution in [3.8, 4) is 11.4 Å². The first-order valence-corrected chi connectivity index (χ1v) is 8.29. The standard InChI is InChI=1S/C19H19N5O/c20-14-6-4-13(5-7-14)18-22-17-8-10-24(12-16(17)19(25)23-18)11-15-3-1-2-9-21-15/h1-7,9H,8,10-12,20H2,(H,22,23,25). The number of hydrogen-bond donors (Lipinski definition) is 2. The molecule has 1 aliphatic heterocycles. The smallest absolute Gasteiger partial charge is 0.255 e. The van der Waals surface area contributed by atoms with E-state index in [1.807, 2.05) is 42.5 Å². The van der Waals surface area contributed by atoms with Gasteiger partial charge in [0, 0.05) is 43.5 Å². The molecule has 0 atom stereocenters. The number of anilines is 1. The minimum Gasteiger partial charge on any atom is -0.399 e. The topological polar surface area (TPSA) is 87.9 Å². The number of nitrogen functional groups attached to an aromatic ring is 1. The average Bonchev–Trinajstić information content (AvgIpc) is 2.63. The van der Waals surface area contributed by atoms with Crippen molar-refractivity contribution in [1.29, 1.82) is 0 Å². The van der Waals surface area contributed by atoms with Crippen LogP contribution in [0.15, 0.2) is 53.5 Å². The van der Waals surface area contributed by atoms with E-state index in [-0.39, 0.29) is 5.56 Å². The van der Waals surface area contributed by atoms with Crippen molar-refractivity contribution in [3.63, 3.8) is 0 Å². The summed E-state index contributed by atoms with van der Waals surface area (Å²) < 4.78 is 0. The van der Waals surface area contributed by atoms with Crippen LogP contribution in [0.5, 0.6) is 0 Å². The Morgan fingerprint density at radius 2 is 2.00 bits per heavy atom. The number of nitrogens with zero attached hydrogens (tertiary/aromatic N) is 3. The summed E-state index contributed by atoms with van der Waals surface area (Å²) in [7, 11) is 0. The van der Waals surface area contributed by atoms with Crippen LogP contribution in [-0.2, 0) is 19.5 Å². The Bertz CT molecular complexity index is 934. The molecule has 0 spiro atoms. The van der Waals surface area contributed by atoms with Crippen molar-refractivity contribution in [2.24, 2.45) is 0 Å². The molecule has 2 aromatic heterocycles. The molecule has 0 fully saturated rings. The summed E-state index contributed by atoms with van der Waals surface area (Å²) in [5.74, 6) is 0.599. The zero-order valence-corrected chi connectivity index (χ0v) is 13.8. The van der Waals surface area contributed by atoms with Gasteiger partial charge in [0.05, 0.1) is 17.0 Å². The zero-order chi connectivity index (χ0) is 17.2. The van der Waals surface area contributed by atoms with E-state index in [0.29, 0.717) is 18.1 Å². The van der Waals surface area contributed by atoms with Crippen molar-refractivity contribution in [2.45, 2.75) is 19.5 Å². The van der Waals surface area contributed by atoms with Crippen LogP contribution in [0.25, 0.3) is 11.4 Å². The first-order valence-electron chi connectivity index (χ1n) is 8.29. The molecule has 0 amide bonds. The molecule has 0 aliphatic carbocycles. The maximum absolute atomic E-state index is 12.6. The van der Waals surface area contributed by atoms with E-state index in [0.717, 1.165) is 42.0 Å². The molecule has 25 heavy (non-hydrogen) atoms. The second-order valence-electron chi connectivity index (χ2n) is 6.24. The minimum atomic E-state index is -0.0671. The van der Waals surface area contributed by atoms with E-state index in [2.05, 4.69) is 19.9 Å². The van der Waals surface area contributed by atoms with E-state index < -0.39 is 0 Å². The van der Waals surface area contributed by atoms with Gasteiger partial charge in [-0.3, -0.25) is 14.7 Å². The minimum absolute atomic E-state index is 0.0671. The maximum Gasteiger partial charge on any atom is 0.255 e. The number of nitrogens with one attached hydrogen (secondary N) is 1. The Balaban J connectivity index is 1.59. The summed E-state index contributed by atoms with van der Waals surface area (Å²) in [4.78, 5) is 26.7. The van der Waals surface area contributed by atoms with Gasteiger partial charge in [-0.15, -0.1) is 0 Å². The van der Waals surface area contributed by atoms with E-state index in [1.54, 1.807) is 6.20 Å². The van der Waals surface area contributed by atoms with Crippen LogP contribution in [0, 0.1) is 0 Å². The quantitative estimate of drug-likeness (QED) is 0.716. The predicted octanol–water partition coefficient (Wildman–Crippen LogP) is 1.97. The molecular weight excluding hydrogens is 314 g/mol. The van der Waals surface area contributed by atoms with Gasteiger partial charge >= 0.3 is 0 Å². The first-order chi connectivity index (χ1) is 12.2. The number of pyridine rings is 1.